The maximum absolute atomic E-state index is 5.74. The van der Waals surface area contributed by atoms with Crippen molar-refractivity contribution in [2.45, 2.75) is 26.7 Å². The average Bonchev–Trinajstić information content (AvgIpc) is 2.39. The Balaban J connectivity index is 2.21. The Bertz CT molecular complexity index is 335. The molecule has 0 atom stereocenters. The Morgan fingerprint density at radius 2 is 1.84 bits per heavy atom. The number of nitrogens with two attached hydrogens (primary N) is 1. The number of likely N-dealkylation sites (N-methyl/N-ethyl adjacent to an activating group) is 1. The number of rotatable bonds is 9. The van der Waals surface area contributed by atoms with Gasteiger partial charge in [0.05, 0.1) is 0 Å². The van der Waals surface area contributed by atoms with E-state index in [1.165, 1.54) is 12.0 Å². The number of nitrogens with zero attached hydrogens (tertiary/aromatic N) is 1. The number of ether oxygens (including phenoxy) is 1. The second-order valence-corrected chi connectivity index (χ2v) is 5.52. The normalized spacial score (nSPS) is 11.3. The molecule has 0 bridgehead atoms. The third-order valence-electron chi connectivity index (χ3n) is 3.19. The molecule has 108 valence electrons. The fourth-order valence-electron chi connectivity index (χ4n) is 1.83. The summed E-state index contributed by atoms with van der Waals surface area (Å²) in [5, 5.41) is 0. The van der Waals surface area contributed by atoms with Crippen LogP contribution in [0.25, 0.3) is 0 Å². The molecule has 0 spiro atoms. The maximum Gasteiger partial charge on any atom is 0.119 e. The molecule has 0 saturated carbocycles. The van der Waals surface area contributed by atoms with Gasteiger partial charge in [-0.1, -0.05) is 26.0 Å². The molecule has 1 aromatic rings. The van der Waals surface area contributed by atoms with Gasteiger partial charge < -0.3 is 15.4 Å². The summed E-state index contributed by atoms with van der Waals surface area (Å²) in [7, 11) is 2.15. The molecule has 1 aromatic carbocycles. The maximum atomic E-state index is 5.74. The molecule has 0 heterocycles. The molecule has 0 aliphatic carbocycles. The summed E-state index contributed by atoms with van der Waals surface area (Å²) in [5.41, 5.74) is 6.79. The Morgan fingerprint density at radius 1 is 1.16 bits per heavy atom. The molecule has 1 rings (SSSR count). The summed E-state index contributed by atoms with van der Waals surface area (Å²) in [5.74, 6) is 1.71. The minimum atomic E-state index is 0.695. The van der Waals surface area contributed by atoms with E-state index >= 15 is 0 Å². The molecule has 0 amide bonds. The molecule has 2 N–H and O–H groups in total. The lowest BCUT2D eigenvalue weighted by atomic mass is 10.1. The van der Waals surface area contributed by atoms with Gasteiger partial charge in [0.1, 0.15) is 12.4 Å². The van der Waals surface area contributed by atoms with E-state index in [2.05, 4.69) is 37.9 Å². The van der Waals surface area contributed by atoms with E-state index in [9.17, 15) is 0 Å². The molecule has 0 aliphatic rings. The minimum absolute atomic E-state index is 0.695. The van der Waals surface area contributed by atoms with Crippen molar-refractivity contribution in [3.8, 4) is 5.75 Å². The molecule has 3 heteroatoms. The van der Waals surface area contributed by atoms with Gasteiger partial charge in [0.15, 0.2) is 0 Å². The van der Waals surface area contributed by atoms with Crippen molar-refractivity contribution in [3.63, 3.8) is 0 Å². The van der Waals surface area contributed by atoms with Crippen molar-refractivity contribution < 1.29 is 4.74 Å². The van der Waals surface area contributed by atoms with Crippen LogP contribution < -0.4 is 10.5 Å². The van der Waals surface area contributed by atoms with Crippen molar-refractivity contribution in [1.82, 2.24) is 4.90 Å². The van der Waals surface area contributed by atoms with Crippen LogP contribution in [0.3, 0.4) is 0 Å². The van der Waals surface area contributed by atoms with E-state index in [1.54, 1.807) is 0 Å². The molecule has 19 heavy (non-hydrogen) atoms. The topological polar surface area (TPSA) is 38.5 Å². The van der Waals surface area contributed by atoms with E-state index in [0.717, 1.165) is 37.8 Å². The molecule has 0 aromatic heterocycles. The fraction of sp³-hybridized carbons (Fsp3) is 0.625. The van der Waals surface area contributed by atoms with Crippen LogP contribution in [0, 0.1) is 5.92 Å². The number of hydrogen-bond donors (Lipinski definition) is 1. The largest absolute Gasteiger partial charge is 0.492 e. The first-order chi connectivity index (χ1) is 9.11. The molecular formula is C16H28N2O. The predicted octanol–water partition coefficient (Wildman–Crippen LogP) is 2.54. The zero-order valence-electron chi connectivity index (χ0n) is 12.6. The Labute approximate surface area is 117 Å². The molecule has 0 aliphatic heterocycles. The van der Waals surface area contributed by atoms with Gasteiger partial charge in [-0.3, -0.25) is 0 Å². The fourth-order valence-corrected chi connectivity index (χ4v) is 1.83. The summed E-state index contributed by atoms with van der Waals surface area (Å²) in [6.07, 6.45) is 2.17. The lowest BCUT2D eigenvalue weighted by Crippen LogP contribution is -2.26. The second kappa shape index (κ2) is 8.94. The standard InChI is InChI=1S/C16H28N2O/c1-14(2)9-11-18(3)12-13-19-16-6-4-15(5-7-16)8-10-17/h4-7,14H,8-13,17H2,1-3H3. The van der Waals surface area contributed by atoms with Crippen molar-refractivity contribution in [2.24, 2.45) is 11.7 Å². The summed E-state index contributed by atoms with van der Waals surface area (Å²) in [4.78, 5) is 2.32. The van der Waals surface area contributed by atoms with Gasteiger partial charge in [0.25, 0.3) is 0 Å². The van der Waals surface area contributed by atoms with Crippen molar-refractivity contribution in [1.29, 1.82) is 0 Å². The third kappa shape index (κ3) is 7.19. The first-order valence-corrected chi connectivity index (χ1v) is 7.22. The van der Waals surface area contributed by atoms with E-state index < -0.39 is 0 Å². The van der Waals surface area contributed by atoms with Gasteiger partial charge in [-0.2, -0.15) is 0 Å². The first kappa shape index (κ1) is 16.0. The minimum Gasteiger partial charge on any atom is -0.492 e. The van der Waals surface area contributed by atoms with Crippen LogP contribution in [0.2, 0.25) is 0 Å². The highest BCUT2D eigenvalue weighted by molar-refractivity contribution is 5.27. The van der Waals surface area contributed by atoms with Crippen LogP contribution >= 0.6 is 0 Å². The van der Waals surface area contributed by atoms with E-state index in [4.69, 9.17) is 10.5 Å². The highest BCUT2D eigenvalue weighted by atomic mass is 16.5. The summed E-state index contributed by atoms with van der Waals surface area (Å²) in [6, 6.07) is 8.23. The quantitative estimate of drug-likeness (QED) is 0.745. The smallest absolute Gasteiger partial charge is 0.119 e. The molecule has 3 nitrogen and oxygen atoms in total. The first-order valence-electron chi connectivity index (χ1n) is 7.22. The van der Waals surface area contributed by atoms with Gasteiger partial charge in [-0.15, -0.1) is 0 Å². The molecule has 0 fully saturated rings. The van der Waals surface area contributed by atoms with Gasteiger partial charge in [-0.25, -0.2) is 0 Å². The number of benzene rings is 1. The monoisotopic (exact) mass is 264 g/mol. The molecule has 0 saturated heterocycles. The highest BCUT2D eigenvalue weighted by Crippen LogP contribution is 2.12. The van der Waals surface area contributed by atoms with Crippen molar-refractivity contribution in [2.75, 3.05) is 33.3 Å². The van der Waals surface area contributed by atoms with Crippen LogP contribution in [0.15, 0.2) is 24.3 Å². The Morgan fingerprint density at radius 3 is 2.42 bits per heavy atom. The average molecular weight is 264 g/mol. The van der Waals surface area contributed by atoms with Gasteiger partial charge in [0.2, 0.25) is 0 Å². The van der Waals surface area contributed by atoms with Crippen LogP contribution in [0.1, 0.15) is 25.8 Å². The molecule has 0 unspecified atom stereocenters. The van der Waals surface area contributed by atoms with Gasteiger partial charge in [-0.05, 0) is 56.6 Å². The van der Waals surface area contributed by atoms with Crippen molar-refractivity contribution >= 4 is 0 Å². The third-order valence-corrected chi connectivity index (χ3v) is 3.19. The Kier molecular flexibility index (Phi) is 7.53. The predicted molar refractivity (Wildman–Crippen MR) is 81.6 cm³/mol. The lowest BCUT2D eigenvalue weighted by molar-refractivity contribution is 0.230. The van der Waals surface area contributed by atoms with Crippen LogP contribution in [0.5, 0.6) is 5.75 Å². The summed E-state index contributed by atoms with van der Waals surface area (Å²) >= 11 is 0. The second-order valence-electron chi connectivity index (χ2n) is 5.52. The zero-order valence-corrected chi connectivity index (χ0v) is 12.6. The van der Waals surface area contributed by atoms with Crippen LogP contribution in [-0.4, -0.2) is 38.2 Å². The van der Waals surface area contributed by atoms with E-state index in [1.807, 2.05) is 12.1 Å². The molecule has 0 radical (unpaired) electrons. The molecular weight excluding hydrogens is 236 g/mol. The van der Waals surface area contributed by atoms with Crippen LogP contribution in [0.4, 0.5) is 0 Å². The summed E-state index contributed by atoms with van der Waals surface area (Å²) in [6.45, 7) is 8.06. The van der Waals surface area contributed by atoms with E-state index in [-0.39, 0.29) is 0 Å². The van der Waals surface area contributed by atoms with Gasteiger partial charge in [0, 0.05) is 6.54 Å². The SMILES string of the molecule is CC(C)CCN(C)CCOc1ccc(CCN)cc1. The highest BCUT2D eigenvalue weighted by Gasteiger charge is 2.01. The Hall–Kier alpha value is -1.06. The van der Waals surface area contributed by atoms with E-state index in [0.29, 0.717) is 6.54 Å². The zero-order chi connectivity index (χ0) is 14.1. The summed E-state index contributed by atoms with van der Waals surface area (Å²) < 4.78 is 5.74. The number of hydrogen-bond acceptors (Lipinski definition) is 3. The van der Waals surface area contributed by atoms with Crippen LogP contribution in [-0.2, 0) is 6.42 Å². The lowest BCUT2D eigenvalue weighted by Gasteiger charge is -2.18. The van der Waals surface area contributed by atoms with Gasteiger partial charge >= 0.3 is 0 Å². The van der Waals surface area contributed by atoms with Crippen molar-refractivity contribution in [3.05, 3.63) is 29.8 Å².